The molecule has 0 unspecified atom stereocenters. The predicted octanol–water partition coefficient (Wildman–Crippen LogP) is 1.70. The highest BCUT2D eigenvalue weighted by Crippen LogP contribution is 2.22. The van der Waals surface area contributed by atoms with Crippen LogP contribution in [0.1, 0.15) is 19.4 Å². The van der Waals surface area contributed by atoms with Crippen molar-refractivity contribution in [2.45, 2.75) is 19.1 Å². The Kier molecular flexibility index (Phi) is 6.67. The van der Waals surface area contributed by atoms with Crippen molar-refractivity contribution in [1.29, 1.82) is 0 Å². The van der Waals surface area contributed by atoms with Crippen LogP contribution in [0.5, 0.6) is 5.75 Å². The molecule has 2 aromatic carbocycles. The summed E-state index contributed by atoms with van der Waals surface area (Å²) >= 11 is 1.19. The maximum atomic E-state index is 12.2. The fraction of sp³-hybridized carbons (Fsp3) is 0.250. The molecule has 2 N–H and O–H groups in total. The van der Waals surface area contributed by atoms with Gasteiger partial charge in [-0.2, -0.15) is 5.10 Å². The first-order valence-corrected chi connectivity index (χ1v) is 10.1. The molecule has 0 aliphatic rings. The Balaban J connectivity index is 1.53. The van der Waals surface area contributed by atoms with Crippen LogP contribution >= 0.6 is 11.8 Å². The van der Waals surface area contributed by atoms with Crippen LogP contribution in [0.4, 0.5) is 5.69 Å². The SMILES string of the molecule is CC[NH+](CC)c1ccc(C=NNC(=O)CSc2nc3ccccc3o2)c([O-])c1. The summed E-state index contributed by atoms with van der Waals surface area (Å²) < 4.78 is 5.55. The zero-order valence-corrected chi connectivity index (χ0v) is 16.6. The van der Waals surface area contributed by atoms with Gasteiger partial charge in [0, 0.05) is 0 Å². The van der Waals surface area contributed by atoms with E-state index in [0.717, 1.165) is 24.3 Å². The van der Waals surface area contributed by atoms with Gasteiger partial charge in [-0.3, -0.25) is 4.79 Å². The molecular weight excluding hydrogens is 376 g/mol. The topological polar surface area (TPSA) is 95.0 Å². The molecule has 0 bridgehead atoms. The summed E-state index contributed by atoms with van der Waals surface area (Å²) in [6, 6.07) is 12.7. The van der Waals surface area contributed by atoms with Crippen LogP contribution in [0.15, 0.2) is 57.2 Å². The number of carbonyl (C=O) groups excluding carboxylic acids is 1. The Morgan fingerprint density at radius 1 is 1.29 bits per heavy atom. The molecule has 8 heteroatoms. The second-order valence-corrected chi connectivity index (χ2v) is 7.02. The molecule has 0 fully saturated rings. The van der Waals surface area contributed by atoms with Crippen molar-refractivity contribution in [2.75, 3.05) is 18.8 Å². The molecule has 1 amide bonds. The van der Waals surface area contributed by atoms with Gasteiger partial charge in [0.15, 0.2) is 5.58 Å². The summed E-state index contributed by atoms with van der Waals surface area (Å²) in [5, 5.41) is 16.5. The highest BCUT2D eigenvalue weighted by atomic mass is 32.2. The fourth-order valence-corrected chi connectivity index (χ4v) is 3.40. The quantitative estimate of drug-likeness (QED) is 0.342. The molecule has 28 heavy (non-hydrogen) atoms. The molecule has 1 aromatic heterocycles. The molecule has 3 rings (SSSR count). The van der Waals surface area contributed by atoms with E-state index in [-0.39, 0.29) is 17.4 Å². The van der Waals surface area contributed by atoms with Crippen molar-refractivity contribution >= 4 is 40.7 Å². The van der Waals surface area contributed by atoms with Gasteiger partial charge >= 0.3 is 0 Å². The van der Waals surface area contributed by atoms with Crippen LogP contribution < -0.4 is 15.4 Å². The number of quaternary nitrogens is 1. The average molecular weight is 398 g/mol. The highest BCUT2D eigenvalue weighted by molar-refractivity contribution is 7.99. The van der Waals surface area contributed by atoms with E-state index >= 15 is 0 Å². The maximum Gasteiger partial charge on any atom is 0.257 e. The summed E-state index contributed by atoms with van der Waals surface area (Å²) in [7, 11) is 0. The Morgan fingerprint density at radius 3 is 2.79 bits per heavy atom. The van der Waals surface area contributed by atoms with Crippen LogP contribution in [0.2, 0.25) is 0 Å². The first-order chi connectivity index (χ1) is 13.6. The van der Waals surface area contributed by atoms with Gasteiger partial charge in [-0.25, -0.2) is 10.4 Å². The summed E-state index contributed by atoms with van der Waals surface area (Å²) in [4.78, 5) is 17.5. The summed E-state index contributed by atoms with van der Waals surface area (Å²) in [6.45, 7) is 5.98. The molecule has 0 spiro atoms. The number of oxazole rings is 1. The van der Waals surface area contributed by atoms with E-state index in [1.54, 1.807) is 12.1 Å². The van der Waals surface area contributed by atoms with Gasteiger partial charge in [-0.15, -0.1) is 0 Å². The van der Waals surface area contributed by atoms with Crippen LogP contribution in [0.25, 0.3) is 11.1 Å². The van der Waals surface area contributed by atoms with E-state index in [2.05, 4.69) is 29.4 Å². The Hall–Kier alpha value is -2.84. The monoisotopic (exact) mass is 398 g/mol. The zero-order valence-electron chi connectivity index (χ0n) is 15.8. The van der Waals surface area contributed by atoms with Gasteiger partial charge in [-0.05, 0) is 49.7 Å². The molecule has 0 saturated heterocycles. The van der Waals surface area contributed by atoms with Crippen molar-refractivity contribution < 1.29 is 19.2 Å². The lowest BCUT2D eigenvalue weighted by Crippen LogP contribution is -3.06. The third-order valence-corrected chi connectivity index (χ3v) is 5.10. The molecular formula is C20H22N4O3S. The van der Waals surface area contributed by atoms with E-state index in [0.29, 0.717) is 16.4 Å². The van der Waals surface area contributed by atoms with Crippen LogP contribution in [-0.4, -0.2) is 35.9 Å². The predicted molar refractivity (Wildman–Crippen MR) is 108 cm³/mol. The van der Waals surface area contributed by atoms with Gasteiger partial charge in [0.1, 0.15) is 11.2 Å². The average Bonchev–Trinajstić information content (AvgIpc) is 3.12. The van der Waals surface area contributed by atoms with Crippen molar-refractivity contribution in [3.63, 3.8) is 0 Å². The van der Waals surface area contributed by atoms with Crippen LogP contribution in [0.3, 0.4) is 0 Å². The molecule has 0 saturated carbocycles. The summed E-state index contributed by atoms with van der Waals surface area (Å²) in [6.07, 6.45) is 1.37. The first kappa shape index (κ1) is 19.9. The van der Waals surface area contributed by atoms with E-state index in [1.165, 1.54) is 22.9 Å². The zero-order chi connectivity index (χ0) is 19.9. The number of amides is 1. The standard InChI is InChI=1S/C20H22N4O3S/c1-3-24(4-2)15-10-9-14(17(25)11-15)12-21-23-19(26)13-28-20-22-16-7-5-6-8-18(16)27-20/h5-12,25H,3-4,13H2,1-2H3,(H,23,26). The number of thioether (sulfide) groups is 1. The number of hydrogen-bond acceptors (Lipinski definition) is 6. The number of fused-ring (bicyclic) bond motifs is 1. The minimum absolute atomic E-state index is 0.110. The van der Waals surface area contributed by atoms with E-state index in [9.17, 15) is 9.90 Å². The molecule has 146 valence electrons. The molecule has 0 aliphatic heterocycles. The van der Waals surface area contributed by atoms with Crippen molar-refractivity contribution in [3.05, 3.63) is 48.0 Å². The molecule has 0 atom stereocenters. The highest BCUT2D eigenvalue weighted by Gasteiger charge is 2.09. The first-order valence-electron chi connectivity index (χ1n) is 9.07. The number of hydrazone groups is 1. The van der Waals surface area contributed by atoms with Crippen molar-refractivity contribution in [1.82, 2.24) is 10.4 Å². The maximum absolute atomic E-state index is 12.2. The lowest BCUT2D eigenvalue weighted by Gasteiger charge is -2.18. The van der Waals surface area contributed by atoms with Gasteiger partial charge in [0.05, 0.1) is 25.1 Å². The van der Waals surface area contributed by atoms with E-state index in [1.807, 2.05) is 30.3 Å². The van der Waals surface area contributed by atoms with Crippen LogP contribution in [-0.2, 0) is 4.79 Å². The number of hydrogen-bond donors (Lipinski definition) is 2. The third kappa shape index (κ3) is 4.90. The van der Waals surface area contributed by atoms with Gasteiger partial charge in [-0.1, -0.05) is 29.6 Å². The number of para-hydroxylation sites is 2. The van der Waals surface area contributed by atoms with Gasteiger partial charge in [0.25, 0.3) is 11.1 Å². The molecule has 7 nitrogen and oxygen atoms in total. The number of nitrogens with one attached hydrogen (secondary N) is 2. The largest absolute Gasteiger partial charge is 0.872 e. The second-order valence-electron chi connectivity index (χ2n) is 6.09. The molecule has 1 heterocycles. The number of aromatic nitrogens is 1. The van der Waals surface area contributed by atoms with Crippen molar-refractivity contribution in [2.24, 2.45) is 5.10 Å². The van der Waals surface area contributed by atoms with E-state index in [4.69, 9.17) is 4.42 Å². The van der Waals surface area contributed by atoms with Crippen LogP contribution in [0, 0.1) is 0 Å². The third-order valence-electron chi connectivity index (χ3n) is 4.27. The minimum Gasteiger partial charge on any atom is -0.872 e. The number of carbonyl (C=O) groups is 1. The van der Waals surface area contributed by atoms with Gasteiger partial charge in [0.2, 0.25) is 0 Å². The Morgan fingerprint density at radius 2 is 2.07 bits per heavy atom. The summed E-state index contributed by atoms with van der Waals surface area (Å²) in [5.41, 5.74) is 5.25. The summed E-state index contributed by atoms with van der Waals surface area (Å²) in [5.74, 6) is -0.311. The Labute approximate surface area is 167 Å². The molecule has 0 radical (unpaired) electrons. The smallest absolute Gasteiger partial charge is 0.257 e. The number of nitrogens with zero attached hydrogens (tertiary/aromatic N) is 2. The van der Waals surface area contributed by atoms with E-state index < -0.39 is 0 Å². The minimum atomic E-state index is -0.305. The number of rotatable bonds is 8. The lowest BCUT2D eigenvalue weighted by molar-refractivity contribution is -0.828. The second kappa shape index (κ2) is 9.38. The lowest BCUT2D eigenvalue weighted by atomic mass is 10.2. The fourth-order valence-electron chi connectivity index (χ4n) is 2.77. The normalized spacial score (nSPS) is 11.5. The van der Waals surface area contributed by atoms with Gasteiger partial charge < -0.3 is 14.4 Å². The number of benzene rings is 2. The van der Waals surface area contributed by atoms with Crippen molar-refractivity contribution in [3.8, 4) is 5.75 Å². The molecule has 3 aromatic rings. The Bertz CT molecular complexity index is 949. The molecule has 0 aliphatic carbocycles.